The highest BCUT2D eigenvalue weighted by Gasteiger charge is 2.09. The number of anilines is 1. The van der Waals surface area contributed by atoms with Gasteiger partial charge in [-0.1, -0.05) is 12.1 Å². The Morgan fingerprint density at radius 1 is 1.00 bits per heavy atom. The topological polar surface area (TPSA) is 80.6 Å². The van der Waals surface area contributed by atoms with Gasteiger partial charge in [0.1, 0.15) is 5.75 Å². The van der Waals surface area contributed by atoms with Crippen LogP contribution in [0.1, 0.15) is 33.4 Å². The highest BCUT2D eigenvalue weighted by atomic mass is 16.5. The fraction of sp³-hybridized carbons (Fsp3) is 0.143. The second kappa shape index (κ2) is 8.71. The first-order valence-electron chi connectivity index (χ1n) is 8.60. The average Bonchev–Trinajstić information content (AvgIpc) is 3.22. The van der Waals surface area contributed by atoms with Gasteiger partial charge in [-0.05, 0) is 61.0 Å². The van der Waals surface area contributed by atoms with E-state index in [1.54, 1.807) is 48.5 Å². The van der Waals surface area contributed by atoms with Crippen molar-refractivity contribution in [3.8, 4) is 5.75 Å². The Kier molecular flexibility index (Phi) is 5.89. The lowest BCUT2D eigenvalue weighted by molar-refractivity contribution is 0.0949. The standard InChI is InChI=1S/C21H20N2O4/c1-2-26-18-10-8-16(9-11-18)20(24)22-14-15-5-3-6-17(13-15)23-21(25)19-7-4-12-27-19/h3-13H,2,14H2,1H3,(H,22,24)(H,23,25). The van der Waals surface area contributed by atoms with E-state index in [1.165, 1.54) is 6.26 Å². The van der Waals surface area contributed by atoms with Crippen molar-refractivity contribution in [3.05, 3.63) is 83.8 Å². The smallest absolute Gasteiger partial charge is 0.291 e. The largest absolute Gasteiger partial charge is 0.494 e. The van der Waals surface area contributed by atoms with Crippen molar-refractivity contribution in [1.82, 2.24) is 5.32 Å². The molecule has 0 aliphatic rings. The van der Waals surface area contributed by atoms with Gasteiger partial charge in [0.15, 0.2) is 5.76 Å². The second-order valence-electron chi connectivity index (χ2n) is 5.77. The van der Waals surface area contributed by atoms with Gasteiger partial charge in [0.05, 0.1) is 12.9 Å². The maximum atomic E-state index is 12.3. The molecule has 1 aromatic heterocycles. The summed E-state index contributed by atoms with van der Waals surface area (Å²) < 4.78 is 10.4. The predicted octanol–water partition coefficient (Wildman–Crippen LogP) is 3.86. The average molecular weight is 364 g/mol. The summed E-state index contributed by atoms with van der Waals surface area (Å²) in [7, 11) is 0. The third kappa shape index (κ3) is 4.98. The number of hydrogen-bond donors (Lipinski definition) is 2. The van der Waals surface area contributed by atoms with E-state index in [1.807, 2.05) is 19.1 Å². The molecule has 3 rings (SSSR count). The van der Waals surface area contributed by atoms with Gasteiger partial charge in [0, 0.05) is 17.8 Å². The van der Waals surface area contributed by atoms with Gasteiger partial charge < -0.3 is 19.8 Å². The highest BCUT2D eigenvalue weighted by Crippen LogP contribution is 2.14. The Hall–Kier alpha value is -3.54. The van der Waals surface area contributed by atoms with Crippen LogP contribution in [0.3, 0.4) is 0 Å². The summed E-state index contributed by atoms with van der Waals surface area (Å²) in [6.07, 6.45) is 1.45. The van der Waals surface area contributed by atoms with Gasteiger partial charge in [0.2, 0.25) is 0 Å². The molecule has 0 radical (unpaired) electrons. The number of furan rings is 1. The Morgan fingerprint density at radius 2 is 1.81 bits per heavy atom. The first-order chi connectivity index (χ1) is 13.2. The molecule has 1 heterocycles. The third-order valence-electron chi connectivity index (χ3n) is 3.81. The molecule has 0 unspecified atom stereocenters. The van der Waals surface area contributed by atoms with Gasteiger partial charge in [-0.3, -0.25) is 9.59 Å². The number of rotatable bonds is 7. The second-order valence-corrected chi connectivity index (χ2v) is 5.77. The molecule has 2 N–H and O–H groups in total. The number of ether oxygens (including phenoxy) is 1. The molecule has 0 bridgehead atoms. The molecule has 0 saturated carbocycles. The normalized spacial score (nSPS) is 10.3. The van der Waals surface area contributed by atoms with Crippen LogP contribution in [0, 0.1) is 0 Å². The number of hydrogen-bond acceptors (Lipinski definition) is 4. The zero-order valence-electron chi connectivity index (χ0n) is 14.9. The lowest BCUT2D eigenvalue weighted by Crippen LogP contribution is -2.22. The quantitative estimate of drug-likeness (QED) is 0.667. The van der Waals surface area contributed by atoms with Crippen LogP contribution in [0.25, 0.3) is 0 Å². The van der Waals surface area contributed by atoms with Gasteiger partial charge in [-0.2, -0.15) is 0 Å². The van der Waals surface area contributed by atoms with E-state index in [0.29, 0.717) is 24.4 Å². The van der Waals surface area contributed by atoms with E-state index in [2.05, 4.69) is 10.6 Å². The molecule has 6 nitrogen and oxygen atoms in total. The minimum atomic E-state index is -0.324. The molecule has 138 valence electrons. The summed E-state index contributed by atoms with van der Waals surface area (Å²) in [6.45, 7) is 2.83. The first-order valence-corrected chi connectivity index (χ1v) is 8.60. The molecule has 0 atom stereocenters. The van der Waals surface area contributed by atoms with Crippen LogP contribution in [0.2, 0.25) is 0 Å². The maximum absolute atomic E-state index is 12.3. The van der Waals surface area contributed by atoms with Crippen molar-refractivity contribution in [3.63, 3.8) is 0 Å². The molecular weight excluding hydrogens is 344 g/mol. The number of benzene rings is 2. The van der Waals surface area contributed by atoms with Crippen molar-refractivity contribution in [2.75, 3.05) is 11.9 Å². The highest BCUT2D eigenvalue weighted by molar-refractivity contribution is 6.02. The van der Waals surface area contributed by atoms with Crippen LogP contribution in [0.4, 0.5) is 5.69 Å². The van der Waals surface area contributed by atoms with Crippen LogP contribution >= 0.6 is 0 Å². The monoisotopic (exact) mass is 364 g/mol. The van der Waals surface area contributed by atoms with Crippen LogP contribution in [-0.2, 0) is 6.54 Å². The van der Waals surface area contributed by atoms with Crippen molar-refractivity contribution in [2.45, 2.75) is 13.5 Å². The molecule has 2 amide bonds. The summed E-state index contributed by atoms with van der Waals surface area (Å²) >= 11 is 0. The van der Waals surface area contributed by atoms with E-state index in [9.17, 15) is 9.59 Å². The predicted molar refractivity (Wildman–Crippen MR) is 102 cm³/mol. The molecule has 0 spiro atoms. The molecule has 6 heteroatoms. The molecule has 0 aliphatic carbocycles. The number of amides is 2. The number of nitrogens with one attached hydrogen (secondary N) is 2. The minimum Gasteiger partial charge on any atom is -0.494 e. The number of carbonyl (C=O) groups excluding carboxylic acids is 2. The van der Waals surface area contributed by atoms with Crippen LogP contribution < -0.4 is 15.4 Å². The van der Waals surface area contributed by atoms with Crippen LogP contribution in [0.5, 0.6) is 5.75 Å². The first kappa shape index (κ1) is 18.3. The van der Waals surface area contributed by atoms with Crippen molar-refractivity contribution in [2.24, 2.45) is 0 Å². The maximum Gasteiger partial charge on any atom is 0.291 e. The third-order valence-corrected chi connectivity index (χ3v) is 3.81. The Morgan fingerprint density at radius 3 is 2.52 bits per heavy atom. The minimum absolute atomic E-state index is 0.178. The van der Waals surface area contributed by atoms with E-state index < -0.39 is 0 Å². The lowest BCUT2D eigenvalue weighted by atomic mass is 10.1. The Balaban J connectivity index is 1.57. The zero-order valence-corrected chi connectivity index (χ0v) is 14.9. The molecule has 0 fully saturated rings. The van der Waals surface area contributed by atoms with E-state index >= 15 is 0 Å². The van der Waals surface area contributed by atoms with Crippen molar-refractivity contribution in [1.29, 1.82) is 0 Å². The molecule has 0 aliphatic heterocycles. The molecule has 0 saturated heterocycles. The molecule has 2 aromatic carbocycles. The summed E-state index contributed by atoms with van der Waals surface area (Å²) in [6, 6.07) is 17.5. The van der Waals surface area contributed by atoms with Gasteiger partial charge >= 0.3 is 0 Å². The fourth-order valence-electron chi connectivity index (χ4n) is 2.51. The lowest BCUT2D eigenvalue weighted by Gasteiger charge is -2.09. The number of carbonyl (C=O) groups is 2. The van der Waals surface area contributed by atoms with E-state index in [0.717, 1.165) is 11.3 Å². The summed E-state index contributed by atoms with van der Waals surface area (Å²) in [5, 5.41) is 5.63. The van der Waals surface area contributed by atoms with Gasteiger partial charge in [-0.25, -0.2) is 0 Å². The Labute approximate surface area is 157 Å². The summed E-state index contributed by atoms with van der Waals surface area (Å²) in [5.74, 6) is 0.469. The molecule has 3 aromatic rings. The fourth-order valence-corrected chi connectivity index (χ4v) is 2.51. The van der Waals surface area contributed by atoms with E-state index in [-0.39, 0.29) is 17.6 Å². The van der Waals surface area contributed by atoms with E-state index in [4.69, 9.17) is 9.15 Å². The Bertz CT molecular complexity index is 902. The zero-order chi connectivity index (χ0) is 19.1. The van der Waals surface area contributed by atoms with Crippen LogP contribution in [0.15, 0.2) is 71.3 Å². The molecule has 27 heavy (non-hydrogen) atoms. The molecular formula is C21H20N2O4. The van der Waals surface area contributed by atoms with Gasteiger partial charge in [-0.15, -0.1) is 0 Å². The SMILES string of the molecule is CCOc1ccc(C(=O)NCc2cccc(NC(=O)c3ccco3)c2)cc1. The van der Waals surface area contributed by atoms with Crippen LogP contribution in [-0.4, -0.2) is 18.4 Å². The van der Waals surface area contributed by atoms with Crippen molar-refractivity contribution >= 4 is 17.5 Å². The van der Waals surface area contributed by atoms with Crippen molar-refractivity contribution < 1.29 is 18.7 Å². The van der Waals surface area contributed by atoms with Gasteiger partial charge in [0.25, 0.3) is 11.8 Å². The summed E-state index contributed by atoms with van der Waals surface area (Å²) in [5.41, 5.74) is 2.05. The summed E-state index contributed by atoms with van der Waals surface area (Å²) in [4.78, 5) is 24.3.